The lowest BCUT2D eigenvalue weighted by atomic mass is 10.2. The fourth-order valence-electron chi connectivity index (χ4n) is 2.93. The number of phenolic OH excluding ortho intramolecular Hbond substituents is 1. The largest absolute Gasteiger partial charge is 0.504 e. The number of ether oxygens (including phenoxy) is 1. The Morgan fingerprint density at radius 1 is 1.20 bits per heavy atom. The van der Waals surface area contributed by atoms with Crippen molar-refractivity contribution in [1.29, 1.82) is 0 Å². The molecule has 1 aromatic heterocycles. The Morgan fingerprint density at radius 2 is 2.00 bits per heavy atom. The molecule has 0 spiro atoms. The van der Waals surface area contributed by atoms with Gasteiger partial charge in [0.1, 0.15) is 5.82 Å². The molecule has 0 atom stereocenters. The molecule has 0 aliphatic carbocycles. The number of carbonyl (C=O) groups excluding carboxylic acids is 1. The molecule has 4 rings (SSSR count). The third-order valence-electron chi connectivity index (χ3n) is 4.48. The van der Waals surface area contributed by atoms with Crippen LogP contribution in [-0.4, -0.2) is 34.3 Å². The number of imidazole rings is 1. The van der Waals surface area contributed by atoms with Crippen molar-refractivity contribution in [2.24, 2.45) is 5.10 Å². The number of aromatic nitrogens is 2. The highest BCUT2D eigenvalue weighted by molar-refractivity contribution is 6.30. The van der Waals surface area contributed by atoms with Crippen molar-refractivity contribution in [3.8, 4) is 22.9 Å². The molecule has 0 aliphatic rings. The maximum absolute atomic E-state index is 12.4. The molecule has 4 aromatic rings. The number of aromatic hydroxyl groups is 1. The predicted octanol–water partition coefficient (Wildman–Crippen LogP) is 4.36. The van der Waals surface area contributed by atoms with Gasteiger partial charge >= 0.3 is 0 Å². The van der Waals surface area contributed by atoms with Crippen molar-refractivity contribution in [2.75, 3.05) is 7.11 Å². The summed E-state index contributed by atoms with van der Waals surface area (Å²) in [4.78, 5) is 20.2. The van der Waals surface area contributed by atoms with Crippen molar-refractivity contribution < 1.29 is 14.6 Å². The number of H-pyrrole nitrogens is 1. The number of nitrogens with one attached hydrogen (secondary N) is 2. The van der Waals surface area contributed by atoms with Gasteiger partial charge in [0.05, 0.1) is 24.4 Å². The lowest BCUT2D eigenvalue weighted by Gasteiger charge is -2.05. The summed E-state index contributed by atoms with van der Waals surface area (Å²) in [5, 5.41) is 14.6. The first-order chi connectivity index (χ1) is 14.5. The van der Waals surface area contributed by atoms with E-state index in [9.17, 15) is 9.90 Å². The lowest BCUT2D eigenvalue weighted by molar-refractivity contribution is 0.0955. The van der Waals surface area contributed by atoms with Crippen molar-refractivity contribution in [3.63, 3.8) is 0 Å². The fourth-order valence-corrected chi connectivity index (χ4v) is 3.05. The van der Waals surface area contributed by atoms with Gasteiger partial charge in [-0.3, -0.25) is 4.79 Å². The topological polar surface area (TPSA) is 99.6 Å². The van der Waals surface area contributed by atoms with Crippen LogP contribution in [0.1, 0.15) is 15.9 Å². The maximum atomic E-state index is 12.4. The quantitative estimate of drug-likeness (QED) is 0.330. The summed E-state index contributed by atoms with van der Waals surface area (Å²) < 4.78 is 5.05. The molecule has 0 saturated carbocycles. The van der Waals surface area contributed by atoms with Crippen molar-refractivity contribution >= 4 is 34.8 Å². The molecule has 3 aromatic carbocycles. The molecular formula is C22H17ClN4O3. The smallest absolute Gasteiger partial charge is 0.271 e. The summed E-state index contributed by atoms with van der Waals surface area (Å²) >= 11 is 5.93. The highest BCUT2D eigenvalue weighted by Crippen LogP contribution is 2.28. The zero-order chi connectivity index (χ0) is 21.1. The van der Waals surface area contributed by atoms with Gasteiger partial charge in [0, 0.05) is 21.7 Å². The Bertz CT molecular complexity index is 1250. The number of nitrogens with zero attached hydrogens (tertiary/aromatic N) is 2. The third kappa shape index (κ3) is 3.97. The summed E-state index contributed by atoms with van der Waals surface area (Å²) in [6, 6.07) is 17.5. The first kappa shape index (κ1) is 19.5. The van der Waals surface area contributed by atoms with Gasteiger partial charge in [0.25, 0.3) is 5.91 Å². The van der Waals surface area contributed by atoms with E-state index in [0.717, 1.165) is 16.6 Å². The maximum Gasteiger partial charge on any atom is 0.271 e. The molecule has 30 heavy (non-hydrogen) atoms. The molecule has 3 N–H and O–H groups in total. The summed E-state index contributed by atoms with van der Waals surface area (Å²) in [5.41, 5.74) is 5.65. The Labute approximate surface area is 177 Å². The van der Waals surface area contributed by atoms with Crippen molar-refractivity contribution in [2.45, 2.75) is 0 Å². The van der Waals surface area contributed by atoms with Crippen LogP contribution >= 0.6 is 11.6 Å². The van der Waals surface area contributed by atoms with Crippen LogP contribution in [0.3, 0.4) is 0 Å². The number of methoxy groups -OCH3 is 1. The van der Waals surface area contributed by atoms with Crippen LogP contribution in [0, 0.1) is 0 Å². The number of rotatable bonds is 5. The van der Waals surface area contributed by atoms with Crippen LogP contribution in [0.2, 0.25) is 5.02 Å². The molecule has 0 fully saturated rings. The minimum Gasteiger partial charge on any atom is -0.504 e. The van der Waals surface area contributed by atoms with Crippen LogP contribution in [0.4, 0.5) is 0 Å². The number of phenols is 1. The first-order valence-electron chi connectivity index (χ1n) is 9.00. The highest BCUT2D eigenvalue weighted by atomic mass is 35.5. The van der Waals surface area contributed by atoms with Gasteiger partial charge in [-0.05, 0) is 54.6 Å². The van der Waals surface area contributed by atoms with Crippen LogP contribution in [0.5, 0.6) is 11.5 Å². The Hall–Kier alpha value is -3.84. The number of carbonyl (C=O) groups is 1. The number of hydrazone groups is 1. The van der Waals surface area contributed by atoms with E-state index in [1.54, 1.807) is 48.5 Å². The van der Waals surface area contributed by atoms with Crippen LogP contribution in [0.15, 0.2) is 65.8 Å². The zero-order valence-electron chi connectivity index (χ0n) is 15.9. The molecule has 8 heteroatoms. The number of halogens is 1. The monoisotopic (exact) mass is 420 g/mol. The van der Waals surface area contributed by atoms with E-state index in [1.807, 2.05) is 12.1 Å². The van der Waals surface area contributed by atoms with Crippen molar-refractivity contribution in [1.82, 2.24) is 15.4 Å². The van der Waals surface area contributed by atoms with E-state index in [2.05, 4.69) is 20.5 Å². The molecule has 0 saturated heterocycles. The fraction of sp³-hybridized carbons (Fsp3) is 0.0455. The van der Waals surface area contributed by atoms with E-state index in [4.69, 9.17) is 16.3 Å². The molecular weight excluding hydrogens is 404 g/mol. The van der Waals surface area contributed by atoms with Crippen LogP contribution in [0.25, 0.3) is 22.4 Å². The van der Waals surface area contributed by atoms with Gasteiger partial charge in [0.2, 0.25) is 0 Å². The molecule has 1 heterocycles. The number of hydrogen-bond donors (Lipinski definition) is 3. The minimum atomic E-state index is -0.391. The molecule has 0 unspecified atom stereocenters. The molecule has 150 valence electrons. The van der Waals surface area contributed by atoms with E-state index in [-0.39, 0.29) is 5.75 Å². The molecule has 0 aliphatic heterocycles. The Balaban J connectivity index is 1.51. The average molecular weight is 421 g/mol. The molecule has 7 nitrogen and oxygen atoms in total. The second-order valence-corrected chi connectivity index (χ2v) is 6.86. The summed E-state index contributed by atoms with van der Waals surface area (Å²) in [5.74, 6) is 0.571. The minimum absolute atomic E-state index is 0.0494. The number of aromatic amines is 1. The van der Waals surface area contributed by atoms with E-state index < -0.39 is 5.91 Å². The van der Waals surface area contributed by atoms with Crippen molar-refractivity contribution in [3.05, 3.63) is 76.8 Å². The van der Waals surface area contributed by atoms with Gasteiger partial charge in [-0.25, -0.2) is 10.4 Å². The van der Waals surface area contributed by atoms with Gasteiger partial charge in [-0.2, -0.15) is 5.10 Å². The number of para-hydroxylation sites is 1. The Morgan fingerprint density at radius 3 is 2.77 bits per heavy atom. The van der Waals surface area contributed by atoms with Gasteiger partial charge in [-0.1, -0.05) is 17.7 Å². The number of amides is 1. The number of fused-ring (bicyclic) bond motifs is 1. The summed E-state index contributed by atoms with van der Waals surface area (Å²) in [6.45, 7) is 0. The second kappa shape index (κ2) is 8.26. The average Bonchev–Trinajstić information content (AvgIpc) is 3.18. The van der Waals surface area contributed by atoms with Crippen LogP contribution in [-0.2, 0) is 0 Å². The first-order valence-corrected chi connectivity index (χ1v) is 9.38. The second-order valence-electron chi connectivity index (χ2n) is 6.42. The van der Waals surface area contributed by atoms with Crippen LogP contribution < -0.4 is 10.2 Å². The standard InChI is InChI=1S/C22H17ClN4O3/c1-30-19-4-2-3-15(20(19)28)12-24-27-22(29)14-7-10-17-18(11-14)26-21(25-17)13-5-8-16(23)9-6-13/h2-12,28H,1H3,(H,25,26)(H,27,29)/b24-12+. The van der Waals surface area contributed by atoms with E-state index >= 15 is 0 Å². The number of benzene rings is 3. The number of hydrogen-bond acceptors (Lipinski definition) is 5. The van der Waals surface area contributed by atoms with Gasteiger partial charge in [-0.15, -0.1) is 0 Å². The van der Waals surface area contributed by atoms with Gasteiger partial charge in [0.15, 0.2) is 11.5 Å². The highest BCUT2D eigenvalue weighted by Gasteiger charge is 2.10. The van der Waals surface area contributed by atoms with Gasteiger partial charge < -0.3 is 14.8 Å². The zero-order valence-corrected chi connectivity index (χ0v) is 16.6. The predicted molar refractivity (Wildman–Crippen MR) is 116 cm³/mol. The summed E-state index contributed by atoms with van der Waals surface area (Å²) in [6.07, 6.45) is 1.35. The molecule has 0 bridgehead atoms. The summed E-state index contributed by atoms with van der Waals surface area (Å²) in [7, 11) is 1.46. The Kier molecular flexibility index (Phi) is 5.36. The van der Waals surface area contributed by atoms with E-state index in [0.29, 0.717) is 27.7 Å². The normalized spacial score (nSPS) is 11.1. The SMILES string of the molecule is COc1cccc(/C=N/NC(=O)c2ccc3nc(-c4ccc(Cl)cc4)[nH]c3c2)c1O. The van der Waals surface area contributed by atoms with E-state index in [1.165, 1.54) is 13.3 Å². The third-order valence-corrected chi connectivity index (χ3v) is 4.73. The lowest BCUT2D eigenvalue weighted by Crippen LogP contribution is -2.17. The molecule has 1 amide bonds. The molecule has 0 radical (unpaired) electrons.